The maximum atomic E-state index is 12.9. The van der Waals surface area contributed by atoms with Crippen molar-refractivity contribution in [2.75, 3.05) is 13.1 Å². The van der Waals surface area contributed by atoms with Gasteiger partial charge in [0.1, 0.15) is 12.1 Å². The highest BCUT2D eigenvalue weighted by molar-refractivity contribution is 5.83. The van der Waals surface area contributed by atoms with Gasteiger partial charge in [0.15, 0.2) is 0 Å². The standard InChI is InChI=1S/C18H15F3N4O2.C2HF3O2/c19-18(20,21)13-3-1-2-11(4-13)12-5-16-15(22-6-12)7-23-25(16)10-17(27)24-8-14(26)9-24;3-2(4,5)1(6)7/h1-7,14,26H,8-10H2;(H,6,7). The quantitative estimate of drug-likeness (QED) is 0.547. The number of carbonyl (C=O) groups is 2. The summed E-state index contributed by atoms with van der Waals surface area (Å²) < 4.78 is 72.0. The maximum absolute atomic E-state index is 12.9. The Morgan fingerprint density at radius 3 is 2.24 bits per heavy atom. The molecule has 1 aliphatic heterocycles. The van der Waals surface area contributed by atoms with Gasteiger partial charge in [-0.3, -0.25) is 14.5 Å². The number of rotatable bonds is 3. The predicted octanol–water partition coefficient (Wildman–Crippen LogP) is 2.95. The molecule has 0 spiro atoms. The number of carboxylic acids is 1. The van der Waals surface area contributed by atoms with Gasteiger partial charge < -0.3 is 15.1 Å². The molecule has 1 aromatic carbocycles. The molecule has 1 saturated heterocycles. The lowest BCUT2D eigenvalue weighted by atomic mass is 10.0. The summed E-state index contributed by atoms with van der Waals surface area (Å²) in [5.74, 6) is -2.94. The number of hydrogen-bond donors (Lipinski definition) is 2. The third-order valence-electron chi connectivity index (χ3n) is 4.76. The first-order chi connectivity index (χ1) is 15.8. The number of fused-ring (bicyclic) bond motifs is 1. The van der Waals surface area contributed by atoms with Crippen LogP contribution in [0.2, 0.25) is 0 Å². The molecule has 0 aliphatic carbocycles. The Kier molecular flexibility index (Phi) is 6.82. The lowest BCUT2D eigenvalue weighted by Crippen LogP contribution is -2.54. The smallest absolute Gasteiger partial charge is 0.475 e. The van der Waals surface area contributed by atoms with Crippen LogP contribution in [0, 0.1) is 0 Å². The van der Waals surface area contributed by atoms with E-state index in [2.05, 4.69) is 10.1 Å². The Balaban J connectivity index is 0.000000406. The van der Waals surface area contributed by atoms with Gasteiger partial charge in [0.2, 0.25) is 5.91 Å². The molecule has 1 aliphatic rings. The molecule has 1 fully saturated rings. The number of aromatic nitrogens is 3. The number of hydrogen-bond acceptors (Lipinski definition) is 5. The lowest BCUT2D eigenvalue weighted by molar-refractivity contribution is -0.192. The van der Waals surface area contributed by atoms with Crippen molar-refractivity contribution in [1.82, 2.24) is 19.7 Å². The largest absolute Gasteiger partial charge is 0.490 e. The van der Waals surface area contributed by atoms with Crippen LogP contribution >= 0.6 is 0 Å². The molecule has 3 aromatic rings. The number of nitrogens with zero attached hydrogens (tertiary/aromatic N) is 4. The van der Waals surface area contributed by atoms with Crippen LogP contribution in [0.3, 0.4) is 0 Å². The zero-order valence-corrected chi connectivity index (χ0v) is 17.0. The predicted molar refractivity (Wildman–Crippen MR) is 104 cm³/mol. The molecule has 0 bridgehead atoms. The Morgan fingerprint density at radius 1 is 1.03 bits per heavy atom. The summed E-state index contributed by atoms with van der Waals surface area (Å²) in [6.07, 6.45) is -7.01. The highest BCUT2D eigenvalue weighted by atomic mass is 19.4. The summed E-state index contributed by atoms with van der Waals surface area (Å²) in [5, 5.41) is 20.6. The monoisotopic (exact) mass is 490 g/mol. The SMILES string of the molecule is O=C(Cn1ncc2ncc(-c3cccc(C(F)(F)F)c3)cc21)N1CC(O)C1.O=C(O)C(F)(F)F. The second-order valence-corrected chi connectivity index (χ2v) is 7.26. The van der Waals surface area contributed by atoms with E-state index in [4.69, 9.17) is 9.90 Å². The molecular formula is C20H16F6N4O4. The van der Waals surface area contributed by atoms with Crippen molar-refractivity contribution < 1.29 is 46.1 Å². The highest BCUT2D eigenvalue weighted by Crippen LogP contribution is 2.32. The molecule has 4 rings (SSSR count). The van der Waals surface area contributed by atoms with Crippen LogP contribution in [0.15, 0.2) is 42.7 Å². The van der Waals surface area contributed by atoms with Crippen molar-refractivity contribution >= 4 is 22.9 Å². The molecular weight excluding hydrogens is 474 g/mol. The van der Waals surface area contributed by atoms with Crippen molar-refractivity contribution in [2.24, 2.45) is 0 Å². The van der Waals surface area contributed by atoms with E-state index in [1.54, 1.807) is 12.1 Å². The number of alkyl halides is 6. The number of β-amino-alcohol motifs (C(OH)–C–C–N with tert-alkyl or cyclic N) is 1. The molecule has 0 saturated carbocycles. The second-order valence-electron chi connectivity index (χ2n) is 7.26. The average Bonchev–Trinajstić information content (AvgIpc) is 3.12. The normalized spacial score (nSPS) is 14.4. The van der Waals surface area contributed by atoms with Crippen molar-refractivity contribution in [2.45, 2.75) is 25.0 Å². The Labute approximate surface area is 187 Å². The van der Waals surface area contributed by atoms with E-state index >= 15 is 0 Å². The van der Waals surface area contributed by atoms with Crippen molar-refractivity contribution in [3.05, 3.63) is 48.3 Å². The number of benzene rings is 1. The minimum absolute atomic E-state index is 0.0239. The first-order valence-corrected chi connectivity index (χ1v) is 9.51. The number of aliphatic hydroxyl groups excluding tert-OH is 1. The van der Waals surface area contributed by atoms with Gasteiger partial charge in [-0.2, -0.15) is 31.4 Å². The molecule has 182 valence electrons. The van der Waals surface area contributed by atoms with Gasteiger partial charge >= 0.3 is 18.3 Å². The van der Waals surface area contributed by atoms with Gasteiger partial charge in [-0.05, 0) is 23.8 Å². The van der Waals surface area contributed by atoms with Crippen LogP contribution in [-0.2, 0) is 22.3 Å². The fraction of sp³-hybridized carbons (Fsp3) is 0.300. The number of likely N-dealkylation sites (tertiary alicyclic amines) is 1. The number of carboxylic acid groups (broad SMARTS) is 1. The first-order valence-electron chi connectivity index (χ1n) is 9.51. The molecule has 2 N–H and O–H groups in total. The molecule has 14 heteroatoms. The van der Waals surface area contributed by atoms with Gasteiger partial charge in [0.25, 0.3) is 0 Å². The summed E-state index contributed by atoms with van der Waals surface area (Å²) in [5.41, 5.74) is 1.24. The molecule has 2 aromatic heterocycles. The molecule has 8 nitrogen and oxygen atoms in total. The molecule has 3 heterocycles. The summed E-state index contributed by atoms with van der Waals surface area (Å²) in [6, 6.07) is 6.67. The van der Waals surface area contributed by atoms with Crippen LogP contribution in [0.1, 0.15) is 5.56 Å². The van der Waals surface area contributed by atoms with Crippen molar-refractivity contribution in [3.8, 4) is 11.1 Å². The number of amides is 1. The summed E-state index contributed by atoms with van der Waals surface area (Å²) in [7, 11) is 0. The Hall–Kier alpha value is -3.68. The third-order valence-corrected chi connectivity index (χ3v) is 4.76. The Morgan fingerprint density at radius 2 is 1.68 bits per heavy atom. The summed E-state index contributed by atoms with van der Waals surface area (Å²) in [6.45, 7) is 0.571. The van der Waals surface area contributed by atoms with Crippen LogP contribution in [0.5, 0.6) is 0 Å². The topological polar surface area (TPSA) is 109 Å². The molecule has 1 amide bonds. The molecule has 0 atom stereocenters. The minimum atomic E-state index is -5.08. The van der Waals surface area contributed by atoms with E-state index in [0.29, 0.717) is 35.2 Å². The van der Waals surface area contributed by atoms with Crippen molar-refractivity contribution in [1.29, 1.82) is 0 Å². The van der Waals surface area contributed by atoms with Gasteiger partial charge in [0.05, 0.1) is 23.4 Å². The van der Waals surface area contributed by atoms with E-state index in [-0.39, 0.29) is 12.5 Å². The van der Waals surface area contributed by atoms with Crippen molar-refractivity contribution in [3.63, 3.8) is 0 Å². The fourth-order valence-corrected chi connectivity index (χ4v) is 3.00. The zero-order chi connectivity index (χ0) is 25.3. The van der Waals surface area contributed by atoms with Gasteiger partial charge in [-0.25, -0.2) is 4.79 Å². The van der Waals surface area contributed by atoms with E-state index in [0.717, 1.165) is 12.1 Å². The molecule has 34 heavy (non-hydrogen) atoms. The number of pyridine rings is 1. The van der Waals surface area contributed by atoms with Crippen LogP contribution in [0.25, 0.3) is 22.2 Å². The highest BCUT2D eigenvalue weighted by Gasteiger charge is 2.38. The van der Waals surface area contributed by atoms with E-state index < -0.39 is 30.0 Å². The van der Waals surface area contributed by atoms with E-state index in [9.17, 15) is 36.2 Å². The average molecular weight is 490 g/mol. The molecule has 0 radical (unpaired) electrons. The van der Waals surface area contributed by atoms with Gasteiger partial charge in [-0.15, -0.1) is 0 Å². The first kappa shape index (κ1) is 25.0. The maximum Gasteiger partial charge on any atom is 0.490 e. The number of carbonyl (C=O) groups excluding carboxylic acids is 1. The summed E-state index contributed by atoms with van der Waals surface area (Å²) in [4.78, 5) is 26.9. The van der Waals surface area contributed by atoms with Gasteiger partial charge in [0, 0.05) is 24.8 Å². The number of aliphatic hydroxyl groups is 1. The zero-order valence-electron chi connectivity index (χ0n) is 17.0. The number of halogens is 6. The third kappa shape index (κ3) is 5.81. The minimum Gasteiger partial charge on any atom is -0.475 e. The second kappa shape index (κ2) is 9.29. The Bertz CT molecular complexity index is 1200. The van der Waals surface area contributed by atoms with Crippen LogP contribution in [0.4, 0.5) is 26.3 Å². The fourth-order valence-electron chi connectivity index (χ4n) is 3.00. The number of aliphatic carboxylic acids is 1. The van der Waals surface area contributed by atoms with Crippen LogP contribution < -0.4 is 0 Å². The van der Waals surface area contributed by atoms with E-state index in [1.165, 1.54) is 28.0 Å². The van der Waals surface area contributed by atoms with Crippen LogP contribution in [-0.4, -0.2) is 67.1 Å². The van der Waals surface area contributed by atoms with Gasteiger partial charge in [-0.1, -0.05) is 12.1 Å². The lowest BCUT2D eigenvalue weighted by Gasteiger charge is -2.35. The van der Waals surface area contributed by atoms with E-state index in [1.807, 2.05) is 0 Å². The summed E-state index contributed by atoms with van der Waals surface area (Å²) >= 11 is 0. The molecule has 0 unspecified atom stereocenters.